The molecule has 0 radical (unpaired) electrons. The molecule has 0 aliphatic carbocycles. The third-order valence-electron chi connectivity index (χ3n) is 5.62. The molecule has 2 heterocycles. The normalized spacial score (nSPS) is 18.0. The summed E-state index contributed by atoms with van der Waals surface area (Å²) < 4.78 is 0. The summed E-state index contributed by atoms with van der Waals surface area (Å²) in [6.07, 6.45) is -0.290. The van der Waals surface area contributed by atoms with Crippen molar-refractivity contribution in [1.29, 1.82) is 0 Å². The molecule has 1 aromatic heterocycles. The SMILES string of the molecule is O=C(C[C@@]1(O)C(=O)N(Cc2cccs2)c2ccccc21)c1ccc2ccccc2c1. The molecule has 30 heavy (non-hydrogen) atoms. The Bertz CT molecular complexity index is 1260. The summed E-state index contributed by atoms with van der Waals surface area (Å²) in [7, 11) is 0. The van der Waals surface area contributed by atoms with E-state index in [9.17, 15) is 14.7 Å². The summed E-state index contributed by atoms with van der Waals surface area (Å²) in [5, 5.41) is 15.4. The maximum Gasteiger partial charge on any atom is 0.264 e. The molecule has 1 aliphatic rings. The number of carbonyl (C=O) groups excluding carboxylic acids is 2. The molecule has 4 aromatic rings. The number of ketones is 1. The van der Waals surface area contributed by atoms with Gasteiger partial charge in [0, 0.05) is 16.0 Å². The van der Waals surface area contributed by atoms with Gasteiger partial charge in [-0.2, -0.15) is 0 Å². The monoisotopic (exact) mass is 413 g/mol. The molecule has 0 fully saturated rings. The van der Waals surface area contributed by atoms with Crippen molar-refractivity contribution in [3.63, 3.8) is 0 Å². The number of hydrogen-bond acceptors (Lipinski definition) is 4. The topological polar surface area (TPSA) is 57.6 Å². The van der Waals surface area contributed by atoms with E-state index >= 15 is 0 Å². The molecule has 5 rings (SSSR count). The van der Waals surface area contributed by atoms with Crippen molar-refractivity contribution in [3.8, 4) is 0 Å². The van der Waals surface area contributed by atoms with E-state index < -0.39 is 11.5 Å². The van der Waals surface area contributed by atoms with E-state index in [4.69, 9.17) is 0 Å². The van der Waals surface area contributed by atoms with Crippen LogP contribution in [0, 0.1) is 0 Å². The molecule has 1 atom stereocenters. The number of carbonyl (C=O) groups is 2. The van der Waals surface area contributed by atoms with Crippen LogP contribution in [0.1, 0.15) is 27.2 Å². The molecule has 1 N–H and O–H groups in total. The molecule has 1 amide bonds. The number of thiophene rings is 1. The van der Waals surface area contributed by atoms with E-state index in [1.807, 2.05) is 66.0 Å². The van der Waals surface area contributed by atoms with Crippen molar-refractivity contribution < 1.29 is 14.7 Å². The average Bonchev–Trinajstić information content (AvgIpc) is 3.36. The minimum atomic E-state index is -1.86. The third kappa shape index (κ3) is 3.03. The van der Waals surface area contributed by atoms with Gasteiger partial charge in [-0.05, 0) is 34.4 Å². The van der Waals surface area contributed by atoms with E-state index in [1.54, 1.807) is 34.4 Å². The zero-order valence-corrected chi connectivity index (χ0v) is 16.9. The Labute approximate surface area is 178 Å². The molecule has 0 saturated heterocycles. The van der Waals surface area contributed by atoms with Gasteiger partial charge in [0.15, 0.2) is 11.4 Å². The number of fused-ring (bicyclic) bond motifs is 2. The van der Waals surface area contributed by atoms with Gasteiger partial charge < -0.3 is 10.0 Å². The predicted molar refractivity (Wildman–Crippen MR) is 119 cm³/mol. The summed E-state index contributed by atoms with van der Waals surface area (Å²) in [5.41, 5.74) is -0.231. The highest BCUT2D eigenvalue weighted by atomic mass is 32.1. The van der Waals surface area contributed by atoms with E-state index in [0.717, 1.165) is 15.6 Å². The van der Waals surface area contributed by atoms with Gasteiger partial charge in [0.2, 0.25) is 0 Å². The first-order valence-corrected chi connectivity index (χ1v) is 10.6. The van der Waals surface area contributed by atoms with Crippen LogP contribution in [0.5, 0.6) is 0 Å². The van der Waals surface area contributed by atoms with Crippen LogP contribution in [0.3, 0.4) is 0 Å². The molecule has 4 nitrogen and oxygen atoms in total. The van der Waals surface area contributed by atoms with Crippen LogP contribution in [0.25, 0.3) is 10.8 Å². The van der Waals surface area contributed by atoms with E-state index in [0.29, 0.717) is 23.4 Å². The number of anilines is 1. The Kier molecular flexibility index (Phi) is 4.50. The first kappa shape index (κ1) is 18.7. The van der Waals surface area contributed by atoms with Gasteiger partial charge in [0.25, 0.3) is 5.91 Å². The summed E-state index contributed by atoms with van der Waals surface area (Å²) in [6, 6.07) is 24.3. The lowest BCUT2D eigenvalue weighted by molar-refractivity contribution is -0.136. The third-order valence-corrected chi connectivity index (χ3v) is 6.48. The Morgan fingerprint density at radius 1 is 0.933 bits per heavy atom. The molecule has 148 valence electrons. The fourth-order valence-electron chi connectivity index (χ4n) is 4.09. The van der Waals surface area contributed by atoms with Crippen molar-refractivity contribution in [2.45, 2.75) is 18.6 Å². The summed E-state index contributed by atoms with van der Waals surface area (Å²) in [5.74, 6) is -0.712. The lowest BCUT2D eigenvalue weighted by atomic mass is 9.88. The highest BCUT2D eigenvalue weighted by Crippen LogP contribution is 2.43. The summed E-state index contributed by atoms with van der Waals surface area (Å²) >= 11 is 1.56. The fraction of sp³-hybridized carbons (Fsp3) is 0.120. The number of amides is 1. The first-order chi connectivity index (χ1) is 14.6. The number of benzene rings is 3. The molecule has 3 aromatic carbocycles. The average molecular weight is 413 g/mol. The number of hydrogen-bond donors (Lipinski definition) is 1. The zero-order valence-electron chi connectivity index (χ0n) is 16.1. The van der Waals surface area contributed by atoms with Crippen molar-refractivity contribution in [1.82, 2.24) is 0 Å². The van der Waals surface area contributed by atoms with Crippen molar-refractivity contribution in [2.24, 2.45) is 0 Å². The Morgan fingerprint density at radius 3 is 2.50 bits per heavy atom. The van der Waals surface area contributed by atoms with Crippen LogP contribution in [0.2, 0.25) is 0 Å². The molecule has 0 bridgehead atoms. The lowest BCUT2D eigenvalue weighted by Crippen LogP contribution is -2.41. The van der Waals surface area contributed by atoms with Crippen LogP contribution in [-0.2, 0) is 16.9 Å². The van der Waals surface area contributed by atoms with Gasteiger partial charge in [-0.15, -0.1) is 11.3 Å². The highest BCUT2D eigenvalue weighted by molar-refractivity contribution is 7.09. The Hall–Kier alpha value is -3.28. The smallest absolute Gasteiger partial charge is 0.264 e. The Balaban J connectivity index is 1.49. The fourth-order valence-corrected chi connectivity index (χ4v) is 4.78. The molecule has 0 unspecified atom stereocenters. The van der Waals surface area contributed by atoms with Crippen LogP contribution in [0.4, 0.5) is 5.69 Å². The van der Waals surface area contributed by atoms with Crippen molar-refractivity contribution in [2.75, 3.05) is 4.90 Å². The van der Waals surface area contributed by atoms with Gasteiger partial charge in [0.1, 0.15) is 0 Å². The molecular weight excluding hydrogens is 394 g/mol. The van der Waals surface area contributed by atoms with Crippen LogP contribution in [0.15, 0.2) is 84.2 Å². The van der Waals surface area contributed by atoms with Gasteiger partial charge in [-0.3, -0.25) is 9.59 Å². The second-order valence-electron chi connectivity index (χ2n) is 7.51. The van der Waals surface area contributed by atoms with Crippen LogP contribution >= 0.6 is 11.3 Å². The zero-order chi connectivity index (χ0) is 20.7. The number of rotatable bonds is 5. The minimum absolute atomic E-state index is 0.260. The van der Waals surface area contributed by atoms with E-state index in [2.05, 4.69) is 0 Å². The van der Waals surface area contributed by atoms with Gasteiger partial charge in [-0.25, -0.2) is 0 Å². The van der Waals surface area contributed by atoms with E-state index in [1.165, 1.54) is 0 Å². The molecule has 5 heteroatoms. The van der Waals surface area contributed by atoms with Crippen LogP contribution < -0.4 is 4.90 Å². The largest absolute Gasteiger partial charge is 0.375 e. The molecule has 0 saturated carbocycles. The van der Waals surface area contributed by atoms with Crippen molar-refractivity contribution >= 4 is 39.5 Å². The molecular formula is C25H19NO3S. The second-order valence-corrected chi connectivity index (χ2v) is 8.54. The van der Waals surface area contributed by atoms with Gasteiger partial charge in [-0.1, -0.05) is 60.7 Å². The number of aliphatic hydroxyl groups is 1. The standard InChI is InChI=1S/C25H19NO3S/c27-23(19-12-11-17-6-1-2-7-18(17)14-19)15-25(29)21-9-3-4-10-22(21)26(24(25)28)16-20-8-5-13-30-20/h1-14,29H,15-16H2/t25-/m0/s1. The summed E-state index contributed by atoms with van der Waals surface area (Å²) in [6.45, 7) is 0.375. The Morgan fingerprint density at radius 2 is 1.70 bits per heavy atom. The first-order valence-electron chi connectivity index (χ1n) is 9.74. The number of para-hydroxylation sites is 1. The second kappa shape index (κ2) is 7.20. The maximum atomic E-state index is 13.3. The number of Topliss-reactive ketones (excluding diaryl/α,β-unsaturated/α-hetero) is 1. The maximum absolute atomic E-state index is 13.3. The minimum Gasteiger partial charge on any atom is -0.375 e. The molecule has 1 aliphatic heterocycles. The highest BCUT2D eigenvalue weighted by Gasteiger charge is 2.50. The predicted octanol–water partition coefficient (Wildman–Crippen LogP) is 4.91. The lowest BCUT2D eigenvalue weighted by Gasteiger charge is -2.22. The molecule has 0 spiro atoms. The number of nitrogens with zero attached hydrogens (tertiary/aromatic N) is 1. The quantitative estimate of drug-likeness (QED) is 0.473. The van der Waals surface area contributed by atoms with Gasteiger partial charge >= 0.3 is 0 Å². The van der Waals surface area contributed by atoms with Crippen LogP contribution in [-0.4, -0.2) is 16.8 Å². The van der Waals surface area contributed by atoms with Gasteiger partial charge in [0.05, 0.1) is 18.7 Å². The van der Waals surface area contributed by atoms with E-state index in [-0.39, 0.29) is 12.2 Å². The van der Waals surface area contributed by atoms with Crippen molar-refractivity contribution in [3.05, 3.63) is 100 Å². The summed E-state index contributed by atoms with van der Waals surface area (Å²) in [4.78, 5) is 29.0.